The van der Waals surface area contributed by atoms with Crippen LogP contribution in [0.3, 0.4) is 0 Å². The number of hydrogen-bond acceptors (Lipinski definition) is 2. The molecule has 0 spiro atoms. The van der Waals surface area contributed by atoms with Crippen molar-refractivity contribution in [1.29, 1.82) is 0 Å². The molecule has 0 bridgehead atoms. The molecule has 0 aromatic rings. The molecule has 4 nitrogen and oxygen atoms in total. The molecular formula is C9H17O4P. The van der Waals surface area contributed by atoms with E-state index in [0.29, 0.717) is 19.3 Å². The van der Waals surface area contributed by atoms with Gasteiger partial charge in [0.05, 0.1) is 0 Å². The minimum absolute atomic E-state index is 0.150. The van der Waals surface area contributed by atoms with E-state index in [-0.39, 0.29) is 18.1 Å². The third kappa shape index (κ3) is 1.56. The first-order valence-corrected chi connectivity index (χ1v) is 6.60. The number of rotatable bonds is 3. The minimum Gasteiger partial charge on any atom is -0.324 e. The van der Waals surface area contributed by atoms with Gasteiger partial charge in [0.25, 0.3) is 0 Å². The molecular weight excluding hydrogens is 203 g/mol. The average Bonchev–Trinajstić information content (AvgIpc) is 2.42. The molecule has 2 atom stereocenters. The van der Waals surface area contributed by atoms with Gasteiger partial charge in [0, 0.05) is 5.92 Å². The van der Waals surface area contributed by atoms with Gasteiger partial charge in [0.2, 0.25) is 0 Å². The Balaban J connectivity index is 3.05. The molecule has 14 heavy (non-hydrogen) atoms. The zero-order chi connectivity index (χ0) is 11.0. The molecule has 0 heterocycles. The third-order valence-electron chi connectivity index (χ3n) is 3.37. The monoisotopic (exact) mass is 220 g/mol. The summed E-state index contributed by atoms with van der Waals surface area (Å²) < 4.78 is 11.3. The number of carbonyl (C=O) groups excluding carboxylic acids is 1. The van der Waals surface area contributed by atoms with Gasteiger partial charge in [-0.05, 0) is 25.7 Å². The van der Waals surface area contributed by atoms with E-state index < -0.39 is 12.8 Å². The topological polar surface area (TPSA) is 74.6 Å². The minimum atomic E-state index is -4.30. The van der Waals surface area contributed by atoms with E-state index in [1.807, 2.05) is 6.92 Å². The second-order valence-corrected chi connectivity index (χ2v) is 5.88. The average molecular weight is 220 g/mol. The Bertz CT molecular complexity index is 283. The second-order valence-electron chi connectivity index (χ2n) is 3.94. The van der Waals surface area contributed by atoms with E-state index in [1.54, 1.807) is 6.92 Å². The molecule has 0 radical (unpaired) electrons. The molecule has 1 fully saturated rings. The SMILES string of the molecule is CCC1CCC(CC)(P(=O)(O)O)C1=O. The Morgan fingerprint density at radius 1 is 1.50 bits per heavy atom. The molecule has 1 saturated carbocycles. The Morgan fingerprint density at radius 3 is 2.29 bits per heavy atom. The predicted molar refractivity (Wildman–Crippen MR) is 53.1 cm³/mol. The number of carbonyl (C=O) groups is 1. The Hall–Kier alpha value is -0.180. The standard InChI is InChI=1S/C9H17O4P/c1-3-7-5-6-9(4-2,8(7)10)14(11,12)13/h7H,3-6H2,1-2H3,(H2,11,12,13). The maximum Gasteiger partial charge on any atom is 0.339 e. The van der Waals surface area contributed by atoms with Crippen LogP contribution >= 0.6 is 7.60 Å². The van der Waals surface area contributed by atoms with E-state index in [9.17, 15) is 19.1 Å². The van der Waals surface area contributed by atoms with Gasteiger partial charge in [-0.2, -0.15) is 0 Å². The molecule has 2 N–H and O–H groups in total. The van der Waals surface area contributed by atoms with Gasteiger partial charge in [-0.1, -0.05) is 13.8 Å². The van der Waals surface area contributed by atoms with Crippen molar-refractivity contribution in [2.75, 3.05) is 0 Å². The highest BCUT2D eigenvalue weighted by Gasteiger charge is 2.56. The van der Waals surface area contributed by atoms with Crippen molar-refractivity contribution < 1.29 is 19.1 Å². The lowest BCUT2D eigenvalue weighted by molar-refractivity contribution is -0.123. The van der Waals surface area contributed by atoms with Gasteiger partial charge < -0.3 is 9.79 Å². The molecule has 1 rings (SSSR count). The van der Waals surface area contributed by atoms with Gasteiger partial charge in [0.15, 0.2) is 5.78 Å². The molecule has 82 valence electrons. The van der Waals surface area contributed by atoms with Crippen molar-refractivity contribution in [3.05, 3.63) is 0 Å². The highest BCUT2D eigenvalue weighted by atomic mass is 31.2. The Labute approximate surface area is 83.9 Å². The highest BCUT2D eigenvalue weighted by Crippen LogP contribution is 2.60. The zero-order valence-electron chi connectivity index (χ0n) is 8.56. The predicted octanol–water partition coefficient (Wildman–Crippen LogP) is 1.70. The smallest absolute Gasteiger partial charge is 0.324 e. The van der Waals surface area contributed by atoms with Gasteiger partial charge >= 0.3 is 7.60 Å². The lowest BCUT2D eigenvalue weighted by Gasteiger charge is -2.27. The van der Waals surface area contributed by atoms with Crippen molar-refractivity contribution in [3.63, 3.8) is 0 Å². The molecule has 2 unspecified atom stereocenters. The summed E-state index contributed by atoms with van der Waals surface area (Å²) in [5, 5.41) is -1.37. The van der Waals surface area contributed by atoms with Crippen LogP contribution < -0.4 is 0 Å². The van der Waals surface area contributed by atoms with Crippen molar-refractivity contribution in [2.24, 2.45) is 5.92 Å². The van der Waals surface area contributed by atoms with Crippen LogP contribution in [0.25, 0.3) is 0 Å². The van der Waals surface area contributed by atoms with E-state index in [4.69, 9.17) is 0 Å². The second kappa shape index (κ2) is 3.76. The van der Waals surface area contributed by atoms with Gasteiger partial charge in [-0.25, -0.2) is 0 Å². The molecule has 1 aliphatic rings. The van der Waals surface area contributed by atoms with Crippen molar-refractivity contribution >= 4 is 13.4 Å². The normalized spacial score (nSPS) is 33.7. The van der Waals surface area contributed by atoms with E-state index in [1.165, 1.54) is 0 Å². The first-order chi connectivity index (χ1) is 6.39. The first-order valence-electron chi connectivity index (χ1n) is 4.99. The summed E-state index contributed by atoms with van der Waals surface area (Å²) >= 11 is 0. The van der Waals surface area contributed by atoms with Crippen LogP contribution in [-0.2, 0) is 9.36 Å². The summed E-state index contributed by atoms with van der Waals surface area (Å²) in [6.07, 6.45) is 1.88. The van der Waals surface area contributed by atoms with E-state index in [2.05, 4.69) is 0 Å². The molecule has 0 aromatic heterocycles. The summed E-state index contributed by atoms with van der Waals surface area (Å²) in [5.41, 5.74) is 0. The zero-order valence-corrected chi connectivity index (χ0v) is 9.46. The van der Waals surface area contributed by atoms with Crippen LogP contribution in [0.2, 0.25) is 0 Å². The molecule has 1 aliphatic carbocycles. The van der Waals surface area contributed by atoms with Gasteiger partial charge in [0.1, 0.15) is 5.16 Å². The summed E-state index contributed by atoms with van der Waals surface area (Å²) in [7, 11) is -4.30. The van der Waals surface area contributed by atoms with Gasteiger partial charge in [-0.15, -0.1) is 0 Å². The lowest BCUT2D eigenvalue weighted by Crippen LogP contribution is -2.35. The largest absolute Gasteiger partial charge is 0.339 e. The van der Waals surface area contributed by atoms with E-state index in [0.717, 1.165) is 0 Å². The van der Waals surface area contributed by atoms with Crippen LogP contribution in [0.4, 0.5) is 0 Å². The van der Waals surface area contributed by atoms with E-state index >= 15 is 0 Å². The van der Waals surface area contributed by atoms with Crippen molar-refractivity contribution in [2.45, 2.75) is 44.7 Å². The van der Waals surface area contributed by atoms with Crippen LogP contribution in [0.15, 0.2) is 0 Å². The van der Waals surface area contributed by atoms with Crippen molar-refractivity contribution in [1.82, 2.24) is 0 Å². The summed E-state index contributed by atoms with van der Waals surface area (Å²) in [6, 6.07) is 0. The van der Waals surface area contributed by atoms with Crippen LogP contribution in [0.1, 0.15) is 39.5 Å². The summed E-state index contributed by atoms with van der Waals surface area (Å²) in [6.45, 7) is 3.56. The number of ketones is 1. The molecule has 0 saturated heterocycles. The number of hydrogen-bond donors (Lipinski definition) is 2. The Kier molecular flexibility index (Phi) is 3.20. The fraction of sp³-hybridized carbons (Fsp3) is 0.889. The fourth-order valence-corrected chi connectivity index (χ4v) is 3.58. The Morgan fingerprint density at radius 2 is 2.07 bits per heavy atom. The summed E-state index contributed by atoms with van der Waals surface area (Å²) in [5.74, 6) is -0.376. The quantitative estimate of drug-likeness (QED) is 0.710. The molecule has 0 aliphatic heterocycles. The lowest BCUT2D eigenvalue weighted by atomic mass is 9.98. The van der Waals surface area contributed by atoms with Gasteiger partial charge in [-0.3, -0.25) is 9.36 Å². The molecule has 0 amide bonds. The van der Waals surface area contributed by atoms with Crippen molar-refractivity contribution in [3.8, 4) is 0 Å². The number of Topliss-reactive ketones (excluding diaryl/α,β-unsaturated/α-hetero) is 1. The third-order valence-corrected chi connectivity index (χ3v) is 5.25. The fourth-order valence-electron chi connectivity index (χ4n) is 2.28. The molecule has 0 aromatic carbocycles. The van der Waals surface area contributed by atoms with Crippen LogP contribution in [-0.4, -0.2) is 20.7 Å². The highest BCUT2D eigenvalue weighted by molar-refractivity contribution is 7.54. The van der Waals surface area contributed by atoms with Crippen LogP contribution in [0.5, 0.6) is 0 Å². The van der Waals surface area contributed by atoms with Crippen LogP contribution in [0, 0.1) is 5.92 Å². The maximum absolute atomic E-state index is 11.8. The first kappa shape index (κ1) is 11.9. The molecule has 5 heteroatoms. The summed E-state index contributed by atoms with van der Waals surface area (Å²) in [4.78, 5) is 30.3. The maximum atomic E-state index is 11.8.